The van der Waals surface area contributed by atoms with Crippen molar-refractivity contribution in [2.24, 2.45) is 5.92 Å². The summed E-state index contributed by atoms with van der Waals surface area (Å²) in [5.74, 6) is -0.499. The van der Waals surface area contributed by atoms with E-state index in [0.29, 0.717) is 13.0 Å². The van der Waals surface area contributed by atoms with Gasteiger partial charge in [-0.25, -0.2) is 4.98 Å². The number of nitrogens with one attached hydrogen (secondary N) is 1. The smallest absolute Gasteiger partial charge is 0.237 e. The van der Waals surface area contributed by atoms with Crippen LogP contribution in [0.5, 0.6) is 0 Å². The van der Waals surface area contributed by atoms with E-state index in [1.54, 1.807) is 17.5 Å². The van der Waals surface area contributed by atoms with Crippen LogP contribution >= 0.6 is 11.3 Å². The molecule has 4 nitrogen and oxygen atoms in total. The predicted molar refractivity (Wildman–Crippen MR) is 67.5 cm³/mol. The zero-order chi connectivity index (χ0) is 12.7. The molecule has 1 heterocycles. The number of hydrogen-bond acceptors (Lipinski definition) is 4. The number of nitrogens with zero attached hydrogens (tertiary/aromatic N) is 2. The van der Waals surface area contributed by atoms with Crippen molar-refractivity contribution in [3.8, 4) is 6.07 Å². The summed E-state index contributed by atoms with van der Waals surface area (Å²) in [4.78, 5) is 15.9. The molecule has 92 valence electrons. The first-order chi connectivity index (χ1) is 8.19. The largest absolute Gasteiger partial charge is 0.354 e. The van der Waals surface area contributed by atoms with Crippen molar-refractivity contribution in [3.05, 3.63) is 16.6 Å². The Morgan fingerprint density at radius 1 is 1.71 bits per heavy atom. The summed E-state index contributed by atoms with van der Waals surface area (Å²) in [7, 11) is 0. The number of hydrogen-bond donors (Lipinski definition) is 1. The van der Waals surface area contributed by atoms with E-state index in [0.717, 1.165) is 11.4 Å². The topological polar surface area (TPSA) is 65.8 Å². The molecular weight excluding hydrogens is 234 g/mol. The third kappa shape index (κ3) is 4.16. The standard InChI is InChI=1S/C12H17N3OS/c1-3-4-10(7-13)11(16)15-8-9(2)12-14-5-6-17-12/h5-6,9-10H,3-4,8H2,1-2H3,(H,15,16). The van der Waals surface area contributed by atoms with Gasteiger partial charge in [0.15, 0.2) is 0 Å². The predicted octanol–water partition coefficient (Wildman–Crippen LogP) is 2.30. The van der Waals surface area contributed by atoms with Gasteiger partial charge in [-0.3, -0.25) is 4.79 Å². The maximum Gasteiger partial charge on any atom is 0.237 e. The van der Waals surface area contributed by atoms with E-state index in [9.17, 15) is 4.79 Å². The molecule has 2 unspecified atom stereocenters. The van der Waals surface area contributed by atoms with E-state index in [-0.39, 0.29) is 11.8 Å². The summed E-state index contributed by atoms with van der Waals surface area (Å²) in [5, 5.41) is 14.6. The van der Waals surface area contributed by atoms with Crippen molar-refractivity contribution in [3.63, 3.8) is 0 Å². The molecule has 0 aliphatic rings. The molecule has 1 amide bonds. The Labute approximate surface area is 106 Å². The van der Waals surface area contributed by atoms with Gasteiger partial charge in [0.2, 0.25) is 5.91 Å². The Balaban J connectivity index is 2.40. The number of thiazole rings is 1. The lowest BCUT2D eigenvalue weighted by molar-refractivity contribution is -0.123. The average molecular weight is 251 g/mol. The third-order valence-electron chi connectivity index (χ3n) is 2.51. The zero-order valence-corrected chi connectivity index (χ0v) is 11.0. The first-order valence-corrected chi connectivity index (χ1v) is 6.63. The number of aromatic nitrogens is 1. The molecule has 5 heteroatoms. The van der Waals surface area contributed by atoms with Gasteiger partial charge in [0.1, 0.15) is 5.92 Å². The van der Waals surface area contributed by atoms with Gasteiger partial charge in [-0.15, -0.1) is 11.3 Å². The van der Waals surface area contributed by atoms with Crippen LogP contribution in [0, 0.1) is 17.2 Å². The molecule has 0 saturated heterocycles. The molecule has 1 aromatic rings. The highest BCUT2D eigenvalue weighted by molar-refractivity contribution is 7.09. The fourth-order valence-electron chi connectivity index (χ4n) is 1.48. The van der Waals surface area contributed by atoms with Crippen LogP contribution < -0.4 is 5.32 Å². The summed E-state index contributed by atoms with van der Waals surface area (Å²) < 4.78 is 0. The molecule has 1 aromatic heterocycles. The van der Waals surface area contributed by atoms with Crippen molar-refractivity contribution < 1.29 is 4.79 Å². The van der Waals surface area contributed by atoms with E-state index < -0.39 is 5.92 Å². The number of carbonyl (C=O) groups is 1. The first-order valence-electron chi connectivity index (χ1n) is 5.75. The van der Waals surface area contributed by atoms with Gasteiger partial charge in [0, 0.05) is 24.0 Å². The maximum absolute atomic E-state index is 11.7. The van der Waals surface area contributed by atoms with Gasteiger partial charge in [-0.05, 0) is 6.42 Å². The van der Waals surface area contributed by atoms with Gasteiger partial charge in [0.05, 0.1) is 11.1 Å². The zero-order valence-electron chi connectivity index (χ0n) is 10.1. The van der Waals surface area contributed by atoms with Crippen molar-refractivity contribution in [1.82, 2.24) is 10.3 Å². The van der Waals surface area contributed by atoms with Gasteiger partial charge in [-0.1, -0.05) is 20.3 Å². The fourth-order valence-corrected chi connectivity index (χ4v) is 2.18. The molecule has 0 spiro atoms. The highest BCUT2D eigenvalue weighted by Crippen LogP contribution is 2.16. The number of rotatable bonds is 6. The van der Waals surface area contributed by atoms with Crippen LogP contribution in [0.25, 0.3) is 0 Å². The van der Waals surface area contributed by atoms with Gasteiger partial charge < -0.3 is 5.32 Å². The summed E-state index contributed by atoms with van der Waals surface area (Å²) in [5.41, 5.74) is 0. The third-order valence-corrected chi connectivity index (χ3v) is 3.51. The molecule has 17 heavy (non-hydrogen) atoms. The minimum absolute atomic E-state index is 0.169. The van der Waals surface area contributed by atoms with Crippen molar-refractivity contribution in [2.75, 3.05) is 6.54 Å². The van der Waals surface area contributed by atoms with Crippen LogP contribution in [0.15, 0.2) is 11.6 Å². The van der Waals surface area contributed by atoms with Crippen LogP contribution in [-0.2, 0) is 4.79 Å². The average Bonchev–Trinajstić information content (AvgIpc) is 2.86. The van der Waals surface area contributed by atoms with Gasteiger partial charge in [-0.2, -0.15) is 5.26 Å². The Morgan fingerprint density at radius 3 is 3.00 bits per heavy atom. The lowest BCUT2D eigenvalue weighted by atomic mass is 10.0. The minimum atomic E-state index is -0.525. The van der Waals surface area contributed by atoms with E-state index in [2.05, 4.69) is 10.3 Å². The molecule has 0 aliphatic heterocycles. The molecule has 0 fully saturated rings. The number of amides is 1. The summed E-state index contributed by atoms with van der Waals surface area (Å²) in [6, 6.07) is 2.04. The fraction of sp³-hybridized carbons (Fsp3) is 0.583. The van der Waals surface area contributed by atoms with E-state index in [1.807, 2.05) is 25.3 Å². The van der Waals surface area contributed by atoms with E-state index >= 15 is 0 Å². The summed E-state index contributed by atoms with van der Waals surface area (Å²) in [6.07, 6.45) is 3.22. The first kappa shape index (κ1) is 13.7. The van der Waals surface area contributed by atoms with Crippen molar-refractivity contribution in [2.45, 2.75) is 32.6 Å². The van der Waals surface area contributed by atoms with Crippen molar-refractivity contribution in [1.29, 1.82) is 5.26 Å². The molecule has 2 atom stereocenters. The molecule has 0 aromatic carbocycles. The maximum atomic E-state index is 11.7. The summed E-state index contributed by atoms with van der Waals surface area (Å²) >= 11 is 1.58. The molecule has 0 bridgehead atoms. The Bertz CT molecular complexity index is 383. The molecule has 0 aliphatic carbocycles. The van der Waals surface area contributed by atoms with E-state index in [1.165, 1.54) is 0 Å². The monoisotopic (exact) mass is 251 g/mol. The SMILES string of the molecule is CCCC(C#N)C(=O)NCC(C)c1nccs1. The van der Waals surface area contributed by atoms with Crippen molar-refractivity contribution >= 4 is 17.2 Å². The Morgan fingerprint density at radius 2 is 2.47 bits per heavy atom. The number of nitriles is 1. The second-order valence-corrected chi connectivity index (χ2v) is 4.91. The Hall–Kier alpha value is -1.41. The highest BCUT2D eigenvalue weighted by atomic mass is 32.1. The lowest BCUT2D eigenvalue weighted by Crippen LogP contribution is -2.32. The van der Waals surface area contributed by atoms with Gasteiger partial charge in [0.25, 0.3) is 0 Å². The highest BCUT2D eigenvalue weighted by Gasteiger charge is 2.17. The van der Waals surface area contributed by atoms with Crippen LogP contribution in [-0.4, -0.2) is 17.4 Å². The normalized spacial score (nSPS) is 13.7. The second kappa shape index (κ2) is 7.02. The second-order valence-electron chi connectivity index (χ2n) is 3.99. The van der Waals surface area contributed by atoms with Gasteiger partial charge >= 0.3 is 0 Å². The molecular formula is C12H17N3OS. The molecule has 0 saturated carbocycles. The molecule has 1 rings (SSSR count). The van der Waals surface area contributed by atoms with E-state index in [4.69, 9.17) is 5.26 Å². The Kier molecular flexibility index (Phi) is 5.64. The van der Waals surface area contributed by atoms with Crippen LogP contribution in [0.4, 0.5) is 0 Å². The lowest BCUT2D eigenvalue weighted by Gasteiger charge is -2.12. The van der Waals surface area contributed by atoms with Crippen LogP contribution in [0.2, 0.25) is 0 Å². The molecule has 0 radical (unpaired) electrons. The minimum Gasteiger partial charge on any atom is -0.354 e. The van der Waals surface area contributed by atoms with Crippen LogP contribution in [0.3, 0.4) is 0 Å². The van der Waals surface area contributed by atoms with Crippen LogP contribution in [0.1, 0.15) is 37.6 Å². The molecule has 1 N–H and O–H groups in total. The quantitative estimate of drug-likeness (QED) is 0.843. The number of carbonyl (C=O) groups excluding carboxylic acids is 1. The summed E-state index contributed by atoms with van der Waals surface area (Å²) in [6.45, 7) is 4.52.